The molecular weight excluding hydrogens is 196 g/mol. The van der Waals surface area contributed by atoms with E-state index >= 15 is 0 Å². The zero-order valence-corrected chi connectivity index (χ0v) is 8.36. The topological polar surface area (TPSA) is 71.3 Å². The Morgan fingerprint density at radius 1 is 1.40 bits per heavy atom. The molecule has 0 aliphatic heterocycles. The Kier molecular flexibility index (Phi) is 2.22. The van der Waals surface area contributed by atoms with Crippen LogP contribution in [0.5, 0.6) is 0 Å². The summed E-state index contributed by atoms with van der Waals surface area (Å²) in [7, 11) is 1.57. The molecule has 2 rings (SSSR count). The van der Waals surface area contributed by atoms with Gasteiger partial charge in [-0.1, -0.05) is 0 Å². The van der Waals surface area contributed by atoms with E-state index in [0.29, 0.717) is 5.69 Å². The van der Waals surface area contributed by atoms with Crippen LogP contribution in [0.4, 0.5) is 0 Å². The first-order valence-electron chi connectivity index (χ1n) is 4.79. The van der Waals surface area contributed by atoms with Gasteiger partial charge in [0.15, 0.2) is 0 Å². The van der Waals surface area contributed by atoms with Crippen LogP contribution in [0.15, 0.2) is 12.1 Å². The number of aromatic carboxylic acids is 1. The van der Waals surface area contributed by atoms with Crippen LogP contribution in [0.25, 0.3) is 0 Å². The first kappa shape index (κ1) is 9.76. The van der Waals surface area contributed by atoms with E-state index < -0.39 is 5.97 Å². The van der Waals surface area contributed by atoms with E-state index in [-0.39, 0.29) is 17.6 Å². The summed E-state index contributed by atoms with van der Waals surface area (Å²) < 4.78 is 1.39. The number of aromatic nitrogens is 1. The van der Waals surface area contributed by atoms with Crippen molar-refractivity contribution in [2.24, 2.45) is 7.05 Å². The van der Waals surface area contributed by atoms with E-state index in [1.807, 2.05) is 0 Å². The molecule has 80 valence electrons. The van der Waals surface area contributed by atoms with E-state index in [0.717, 1.165) is 12.8 Å². The molecule has 1 aliphatic carbocycles. The molecule has 5 nitrogen and oxygen atoms in total. The third kappa shape index (κ3) is 1.86. The molecule has 1 fully saturated rings. The maximum absolute atomic E-state index is 11.6. The molecule has 0 saturated heterocycles. The second kappa shape index (κ2) is 3.42. The summed E-state index contributed by atoms with van der Waals surface area (Å²) in [4.78, 5) is 22.4. The number of carboxylic acid groups (broad SMARTS) is 1. The lowest BCUT2D eigenvalue weighted by Gasteiger charge is -2.05. The predicted octanol–water partition coefficient (Wildman–Crippen LogP) is 0.615. The Morgan fingerprint density at radius 3 is 2.47 bits per heavy atom. The quantitative estimate of drug-likeness (QED) is 0.764. The van der Waals surface area contributed by atoms with Crippen LogP contribution in [0.3, 0.4) is 0 Å². The van der Waals surface area contributed by atoms with Gasteiger partial charge in [-0.3, -0.25) is 4.79 Å². The number of nitrogens with one attached hydrogen (secondary N) is 1. The SMILES string of the molecule is Cn1c(C(=O)O)ccc1C(=O)NC1CC1. The molecule has 0 atom stereocenters. The van der Waals surface area contributed by atoms with Gasteiger partial charge in [0, 0.05) is 13.1 Å². The molecular formula is C10H12N2O3. The van der Waals surface area contributed by atoms with Crippen molar-refractivity contribution in [3.05, 3.63) is 23.5 Å². The minimum Gasteiger partial charge on any atom is -0.477 e. The predicted molar refractivity (Wildman–Crippen MR) is 52.9 cm³/mol. The lowest BCUT2D eigenvalue weighted by atomic mass is 10.4. The van der Waals surface area contributed by atoms with Gasteiger partial charge in [0.1, 0.15) is 11.4 Å². The number of carbonyl (C=O) groups is 2. The molecule has 1 aliphatic rings. The van der Waals surface area contributed by atoms with Gasteiger partial charge in [0.25, 0.3) is 5.91 Å². The normalized spacial score (nSPS) is 15.0. The molecule has 5 heteroatoms. The number of carboxylic acids is 1. The van der Waals surface area contributed by atoms with E-state index in [1.54, 1.807) is 7.05 Å². The van der Waals surface area contributed by atoms with E-state index in [4.69, 9.17) is 5.11 Å². The number of rotatable bonds is 3. The Morgan fingerprint density at radius 2 is 2.00 bits per heavy atom. The van der Waals surface area contributed by atoms with Crippen LogP contribution in [-0.4, -0.2) is 27.6 Å². The van der Waals surface area contributed by atoms with Gasteiger partial charge in [-0.05, 0) is 25.0 Å². The summed E-state index contributed by atoms with van der Waals surface area (Å²) in [5.74, 6) is -1.23. The summed E-state index contributed by atoms with van der Waals surface area (Å²) in [5.41, 5.74) is 0.509. The fraction of sp³-hybridized carbons (Fsp3) is 0.400. The van der Waals surface area contributed by atoms with Crippen molar-refractivity contribution in [2.45, 2.75) is 18.9 Å². The molecule has 0 aromatic carbocycles. The average Bonchev–Trinajstić information content (AvgIpc) is 2.86. The van der Waals surface area contributed by atoms with Gasteiger partial charge in [0.2, 0.25) is 0 Å². The molecule has 0 spiro atoms. The molecule has 0 radical (unpaired) electrons. The molecule has 1 heterocycles. The second-order valence-electron chi connectivity index (χ2n) is 3.72. The van der Waals surface area contributed by atoms with E-state index in [2.05, 4.69) is 5.32 Å². The molecule has 1 amide bonds. The number of hydrogen-bond donors (Lipinski definition) is 2. The van der Waals surface area contributed by atoms with Gasteiger partial charge >= 0.3 is 5.97 Å². The van der Waals surface area contributed by atoms with Crippen molar-refractivity contribution in [3.8, 4) is 0 Å². The highest BCUT2D eigenvalue weighted by molar-refractivity contribution is 5.96. The van der Waals surface area contributed by atoms with Gasteiger partial charge in [-0.15, -0.1) is 0 Å². The highest BCUT2D eigenvalue weighted by Crippen LogP contribution is 2.19. The fourth-order valence-electron chi connectivity index (χ4n) is 1.44. The maximum Gasteiger partial charge on any atom is 0.352 e. The van der Waals surface area contributed by atoms with Crippen LogP contribution < -0.4 is 5.32 Å². The largest absolute Gasteiger partial charge is 0.477 e. The first-order chi connectivity index (χ1) is 7.09. The van der Waals surface area contributed by atoms with Crippen LogP contribution in [-0.2, 0) is 7.05 Å². The fourth-order valence-corrected chi connectivity index (χ4v) is 1.44. The van der Waals surface area contributed by atoms with Crippen molar-refractivity contribution in [1.29, 1.82) is 0 Å². The minimum atomic E-state index is -1.03. The van der Waals surface area contributed by atoms with E-state index in [9.17, 15) is 9.59 Å². The minimum absolute atomic E-state index is 0.121. The maximum atomic E-state index is 11.6. The summed E-state index contributed by atoms with van der Waals surface area (Å²) in [6.45, 7) is 0. The van der Waals surface area contributed by atoms with Crippen molar-refractivity contribution in [2.75, 3.05) is 0 Å². The van der Waals surface area contributed by atoms with Gasteiger partial charge in [-0.2, -0.15) is 0 Å². The zero-order valence-electron chi connectivity index (χ0n) is 8.36. The molecule has 0 unspecified atom stereocenters. The molecule has 2 N–H and O–H groups in total. The first-order valence-corrected chi connectivity index (χ1v) is 4.79. The lowest BCUT2D eigenvalue weighted by Crippen LogP contribution is -2.27. The summed E-state index contributed by atoms with van der Waals surface area (Å²) in [5, 5.41) is 11.6. The van der Waals surface area contributed by atoms with Gasteiger partial charge < -0.3 is 15.0 Å². The zero-order chi connectivity index (χ0) is 11.0. The van der Waals surface area contributed by atoms with Gasteiger partial charge in [0.05, 0.1) is 0 Å². The smallest absolute Gasteiger partial charge is 0.352 e. The Balaban J connectivity index is 2.20. The van der Waals surface area contributed by atoms with Crippen LogP contribution in [0.2, 0.25) is 0 Å². The number of hydrogen-bond acceptors (Lipinski definition) is 2. The number of carbonyl (C=O) groups excluding carboxylic acids is 1. The monoisotopic (exact) mass is 208 g/mol. The summed E-state index contributed by atoms with van der Waals surface area (Å²) in [6, 6.07) is 3.24. The standard InChI is InChI=1S/C10H12N2O3/c1-12-7(4-5-8(12)10(14)15)9(13)11-6-2-3-6/h4-6H,2-3H2,1H3,(H,11,13)(H,14,15). The van der Waals surface area contributed by atoms with Crippen LogP contribution in [0, 0.1) is 0 Å². The lowest BCUT2D eigenvalue weighted by molar-refractivity contribution is 0.0686. The highest BCUT2D eigenvalue weighted by Gasteiger charge is 2.25. The Labute approximate surface area is 86.7 Å². The Hall–Kier alpha value is -1.78. The van der Waals surface area contributed by atoms with Crippen LogP contribution in [0.1, 0.15) is 33.8 Å². The second-order valence-corrected chi connectivity index (χ2v) is 3.72. The van der Waals surface area contributed by atoms with Crippen molar-refractivity contribution in [3.63, 3.8) is 0 Å². The van der Waals surface area contributed by atoms with E-state index in [1.165, 1.54) is 16.7 Å². The summed E-state index contributed by atoms with van der Waals surface area (Å²) in [6.07, 6.45) is 2.03. The Bertz CT molecular complexity index is 418. The number of amides is 1. The van der Waals surface area contributed by atoms with Crippen molar-refractivity contribution in [1.82, 2.24) is 9.88 Å². The molecule has 0 bridgehead atoms. The average molecular weight is 208 g/mol. The highest BCUT2D eigenvalue weighted by atomic mass is 16.4. The third-order valence-electron chi connectivity index (χ3n) is 2.49. The van der Waals surface area contributed by atoms with Gasteiger partial charge in [-0.25, -0.2) is 4.79 Å². The van der Waals surface area contributed by atoms with Crippen LogP contribution >= 0.6 is 0 Å². The summed E-state index contributed by atoms with van der Waals surface area (Å²) >= 11 is 0. The molecule has 1 aromatic heterocycles. The molecule has 1 aromatic rings. The molecule has 1 saturated carbocycles. The molecule has 15 heavy (non-hydrogen) atoms. The van der Waals surface area contributed by atoms with Crippen molar-refractivity contribution >= 4 is 11.9 Å². The third-order valence-corrected chi connectivity index (χ3v) is 2.49. The number of nitrogens with zero attached hydrogens (tertiary/aromatic N) is 1. The van der Waals surface area contributed by atoms with Crippen molar-refractivity contribution < 1.29 is 14.7 Å².